The van der Waals surface area contributed by atoms with Crippen molar-refractivity contribution in [2.24, 2.45) is 4.99 Å². The van der Waals surface area contributed by atoms with Crippen molar-refractivity contribution in [2.45, 2.75) is 44.9 Å². The van der Waals surface area contributed by atoms with Gasteiger partial charge in [-0.1, -0.05) is 30.7 Å². The molecule has 1 aromatic heterocycles. The average molecular weight is 567 g/mol. The summed E-state index contributed by atoms with van der Waals surface area (Å²) in [5, 5.41) is 7.86. The van der Waals surface area contributed by atoms with Gasteiger partial charge in [-0.05, 0) is 37.1 Å². The summed E-state index contributed by atoms with van der Waals surface area (Å²) >= 11 is 1.02. The number of aliphatic imine (C=N–C) groups is 1. The number of halogens is 4. The van der Waals surface area contributed by atoms with Gasteiger partial charge in [0.25, 0.3) is 0 Å². The van der Waals surface area contributed by atoms with Gasteiger partial charge in [0.1, 0.15) is 0 Å². The Morgan fingerprint density at radius 1 is 1.10 bits per heavy atom. The van der Waals surface area contributed by atoms with Crippen molar-refractivity contribution < 1.29 is 13.2 Å². The third-order valence-electron chi connectivity index (χ3n) is 5.03. The molecule has 0 saturated carbocycles. The SMILES string of the molecule is CN=C(NCCc1nc(C(F)(F)F)cs1)NCc1ccc(CN2CCCCC2)cc1.I. The number of benzene rings is 1. The summed E-state index contributed by atoms with van der Waals surface area (Å²) < 4.78 is 37.8. The van der Waals surface area contributed by atoms with Crippen molar-refractivity contribution in [3.63, 3.8) is 0 Å². The summed E-state index contributed by atoms with van der Waals surface area (Å²) in [6, 6.07) is 8.58. The Morgan fingerprint density at radius 3 is 2.39 bits per heavy atom. The standard InChI is InChI=1S/C21H28F3N5S.HI/c1-25-20(26-10-9-19-28-18(15-30-19)21(22,23)24)27-13-16-5-7-17(8-6-16)14-29-11-3-2-4-12-29;/h5-8,15H,2-4,9-14H2,1H3,(H2,25,26,27);1H. The highest BCUT2D eigenvalue weighted by Gasteiger charge is 2.33. The highest BCUT2D eigenvalue weighted by Crippen LogP contribution is 2.30. The Kier molecular flexibility index (Phi) is 10.5. The lowest BCUT2D eigenvalue weighted by atomic mass is 10.1. The predicted octanol–water partition coefficient (Wildman–Crippen LogP) is 4.67. The van der Waals surface area contributed by atoms with E-state index >= 15 is 0 Å². The molecule has 0 unspecified atom stereocenters. The normalized spacial score (nSPS) is 15.4. The second-order valence-corrected chi connectivity index (χ2v) is 8.32. The monoisotopic (exact) mass is 567 g/mol. The van der Waals surface area contributed by atoms with Crippen molar-refractivity contribution in [3.8, 4) is 0 Å². The second-order valence-electron chi connectivity index (χ2n) is 7.38. The van der Waals surface area contributed by atoms with E-state index in [-0.39, 0.29) is 24.0 Å². The molecular formula is C21H29F3IN5S. The lowest BCUT2D eigenvalue weighted by Gasteiger charge is -2.26. The molecule has 2 aromatic rings. The molecule has 172 valence electrons. The molecule has 0 radical (unpaired) electrons. The summed E-state index contributed by atoms with van der Waals surface area (Å²) in [7, 11) is 1.67. The van der Waals surface area contributed by atoms with Gasteiger partial charge < -0.3 is 10.6 Å². The van der Waals surface area contributed by atoms with E-state index in [1.807, 2.05) is 0 Å². The minimum atomic E-state index is -4.39. The summed E-state index contributed by atoms with van der Waals surface area (Å²) in [6.07, 6.45) is -0.0506. The van der Waals surface area contributed by atoms with Gasteiger partial charge in [-0.2, -0.15) is 13.2 Å². The molecule has 3 rings (SSSR count). The van der Waals surface area contributed by atoms with E-state index in [4.69, 9.17) is 0 Å². The number of nitrogens with one attached hydrogen (secondary N) is 2. The van der Waals surface area contributed by atoms with Gasteiger partial charge in [-0.25, -0.2) is 4.98 Å². The number of hydrogen-bond donors (Lipinski definition) is 2. The number of thiazole rings is 1. The van der Waals surface area contributed by atoms with Crippen LogP contribution in [0.2, 0.25) is 0 Å². The third kappa shape index (κ3) is 8.57. The first-order chi connectivity index (χ1) is 14.4. The molecule has 10 heteroatoms. The predicted molar refractivity (Wildman–Crippen MR) is 130 cm³/mol. The zero-order valence-electron chi connectivity index (χ0n) is 17.5. The number of guanidine groups is 1. The van der Waals surface area contributed by atoms with Crippen LogP contribution in [0.25, 0.3) is 0 Å². The first-order valence-electron chi connectivity index (χ1n) is 10.2. The topological polar surface area (TPSA) is 52.6 Å². The quantitative estimate of drug-likeness (QED) is 0.290. The van der Waals surface area contributed by atoms with Crippen LogP contribution in [0.3, 0.4) is 0 Å². The molecule has 1 aliphatic heterocycles. The van der Waals surface area contributed by atoms with E-state index < -0.39 is 11.9 Å². The van der Waals surface area contributed by atoms with Crippen LogP contribution in [-0.4, -0.2) is 42.5 Å². The minimum absolute atomic E-state index is 0. The number of alkyl halides is 3. The molecule has 5 nitrogen and oxygen atoms in total. The first kappa shape index (κ1) is 25.9. The zero-order valence-corrected chi connectivity index (χ0v) is 20.7. The van der Waals surface area contributed by atoms with Gasteiger partial charge in [0.2, 0.25) is 0 Å². The summed E-state index contributed by atoms with van der Waals surface area (Å²) in [5.74, 6) is 0.611. The maximum atomic E-state index is 12.6. The Bertz CT molecular complexity index is 817. The summed E-state index contributed by atoms with van der Waals surface area (Å²) in [5.41, 5.74) is 1.65. The van der Waals surface area contributed by atoms with E-state index in [1.165, 1.54) is 37.9 Å². The van der Waals surface area contributed by atoms with Crippen LogP contribution in [-0.2, 0) is 25.7 Å². The molecule has 2 heterocycles. The van der Waals surface area contributed by atoms with Crippen LogP contribution in [0.1, 0.15) is 41.1 Å². The Balaban J connectivity index is 0.00000341. The molecule has 31 heavy (non-hydrogen) atoms. The maximum absolute atomic E-state index is 12.6. The maximum Gasteiger partial charge on any atom is 0.434 e. The number of nitrogens with zero attached hydrogens (tertiary/aromatic N) is 3. The van der Waals surface area contributed by atoms with Gasteiger partial charge in [0.05, 0.1) is 5.01 Å². The molecule has 0 bridgehead atoms. The van der Waals surface area contributed by atoms with Crippen LogP contribution in [0.15, 0.2) is 34.6 Å². The lowest BCUT2D eigenvalue weighted by Crippen LogP contribution is -2.37. The van der Waals surface area contributed by atoms with Crippen LogP contribution >= 0.6 is 35.3 Å². The highest BCUT2D eigenvalue weighted by molar-refractivity contribution is 14.0. The van der Waals surface area contributed by atoms with E-state index in [0.29, 0.717) is 30.5 Å². The van der Waals surface area contributed by atoms with Crippen molar-refractivity contribution in [2.75, 3.05) is 26.7 Å². The Labute approximate surface area is 202 Å². The number of aromatic nitrogens is 1. The molecule has 0 amide bonds. The average Bonchev–Trinajstić information content (AvgIpc) is 3.22. The zero-order chi connectivity index (χ0) is 21.4. The number of hydrogen-bond acceptors (Lipinski definition) is 4. The largest absolute Gasteiger partial charge is 0.434 e. The van der Waals surface area contributed by atoms with Gasteiger partial charge in [-0.3, -0.25) is 9.89 Å². The number of rotatable bonds is 7. The number of piperidine rings is 1. The van der Waals surface area contributed by atoms with E-state index in [1.54, 1.807) is 7.05 Å². The fourth-order valence-electron chi connectivity index (χ4n) is 3.39. The van der Waals surface area contributed by atoms with Crippen LogP contribution in [0.4, 0.5) is 13.2 Å². The smallest absolute Gasteiger partial charge is 0.356 e. The van der Waals surface area contributed by atoms with Crippen LogP contribution < -0.4 is 10.6 Å². The molecule has 0 aliphatic carbocycles. The third-order valence-corrected chi connectivity index (χ3v) is 5.94. The summed E-state index contributed by atoms with van der Waals surface area (Å²) in [4.78, 5) is 10.3. The van der Waals surface area contributed by atoms with Gasteiger partial charge >= 0.3 is 6.18 Å². The lowest BCUT2D eigenvalue weighted by molar-refractivity contribution is -0.140. The molecule has 1 fully saturated rings. The van der Waals surface area contributed by atoms with Crippen molar-refractivity contribution in [1.29, 1.82) is 0 Å². The molecule has 1 saturated heterocycles. The molecule has 2 N–H and O–H groups in total. The molecule has 1 aliphatic rings. The molecule has 0 spiro atoms. The molecular weight excluding hydrogens is 538 g/mol. The Morgan fingerprint density at radius 2 is 1.77 bits per heavy atom. The molecule has 1 aromatic carbocycles. The van der Waals surface area contributed by atoms with Gasteiger partial charge in [0.15, 0.2) is 11.7 Å². The van der Waals surface area contributed by atoms with Crippen LogP contribution in [0, 0.1) is 0 Å². The van der Waals surface area contributed by atoms with Gasteiger partial charge in [0, 0.05) is 38.5 Å². The number of likely N-dealkylation sites (tertiary alicyclic amines) is 1. The van der Waals surface area contributed by atoms with Crippen LogP contribution in [0.5, 0.6) is 0 Å². The fourth-order valence-corrected chi connectivity index (χ4v) is 4.19. The highest BCUT2D eigenvalue weighted by atomic mass is 127. The van der Waals surface area contributed by atoms with E-state index in [9.17, 15) is 13.2 Å². The first-order valence-corrected chi connectivity index (χ1v) is 11.1. The van der Waals surface area contributed by atoms with Crippen molar-refractivity contribution in [3.05, 3.63) is 51.5 Å². The Hall–Kier alpha value is -1.40. The van der Waals surface area contributed by atoms with Gasteiger partial charge in [-0.15, -0.1) is 35.3 Å². The fraction of sp³-hybridized carbons (Fsp3) is 0.524. The van der Waals surface area contributed by atoms with E-state index in [0.717, 1.165) is 28.8 Å². The minimum Gasteiger partial charge on any atom is -0.356 e. The van der Waals surface area contributed by atoms with Crippen molar-refractivity contribution in [1.82, 2.24) is 20.5 Å². The second kappa shape index (κ2) is 12.6. The summed E-state index contributed by atoms with van der Waals surface area (Å²) in [6.45, 7) is 4.45. The van der Waals surface area contributed by atoms with Crippen molar-refractivity contribution >= 4 is 41.3 Å². The molecule has 0 atom stereocenters. The van der Waals surface area contributed by atoms with E-state index in [2.05, 4.69) is 49.8 Å².